The number of amides is 1. The van der Waals surface area contributed by atoms with Gasteiger partial charge < -0.3 is 10.1 Å². The molecule has 2 rings (SSSR count). The molecule has 1 atom stereocenters. The molecule has 1 amide bonds. The van der Waals surface area contributed by atoms with Crippen LogP contribution in [0.4, 0.5) is 5.82 Å². The van der Waals surface area contributed by atoms with Gasteiger partial charge in [-0.05, 0) is 59.6 Å². The molecule has 0 fully saturated rings. The summed E-state index contributed by atoms with van der Waals surface area (Å²) in [5.41, 5.74) is 1.04. The first-order valence-corrected chi connectivity index (χ1v) is 7.89. The zero-order valence-corrected chi connectivity index (χ0v) is 14.7. The highest BCUT2D eigenvalue weighted by atomic mass is 79.9. The summed E-state index contributed by atoms with van der Waals surface area (Å²) in [6.07, 6.45) is 1.07. The van der Waals surface area contributed by atoms with Crippen molar-refractivity contribution in [3.63, 3.8) is 0 Å². The van der Waals surface area contributed by atoms with E-state index < -0.39 is 6.10 Å². The van der Waals surface area contributed by atoms with E-state index >= 15 is 0 Å². The molecular weight excluding hydrogens is 400 g/mol. The van der Waals surface area contributed by atoms with Gasteiger partial charge in [0, 0.05) is 10.7 Å². The minimum atomic E-state index is -0.634. The largest absolute Gasteiger partial charge is 0.480 e. The van der Waals surface area contributed by atoms with Gasteiger partial charge in [-0.2, -0.15) is 0 Å². The smallest absolute Gasteiger partial charge is 0.266 e. The maximum Gasteiger partial charge on any atom is 0.266 e. The van der Waals surface area contributed by atoms with Gasteiger partial charge in [0.15, 0.2) is 6.10 Å². The highest BCUT2D eigenvalue weighted by Gasteiger charge is 2.16. The molecule has 0 aliphatic carbocycles. The zero-order valence-electron chi connectivity index (χ0n) is 11.6. The van der Waals surface area contributed by atoms with Crippen molar-refractivity contribution in [1.82, 2.24) is 4.98 Å². The minimum Gasteiger partial charge on any atom is -0.480 e. The predicted octanol–water partition coefficient (Wildman–Crippen LogP) is 4.32. The molecule has 0 aliphatic heterocycles. The van der Waals surface area contributed by atoms with Crippen LogP contribution in [-0.2, 0) is 4.79 Å². The van der Waals surface area contributed by atoms with Crippen LogP contribution in [0.3, 0.4) is 0 Å². The van der Waals surface area contributed by atoms with Crippen LogP contribution in [0, 0.1) is 6.92 Å². The SMILES string of the molecule is Cc1ccc(NC(=O)[C@@H](C)Oc2ccc(Br)cc2Br)nc1. The molecule has 1 aromatic carbocycles. The third-order valence-electron chi connectivity index (χ3n) is 2.73. The van der Waals surface area contributed by atoms with E-state index in [1.807, 2.05) is 25.1 Å². The van der Waals surface area contributed by atoms with Gasteiger partial charge in [-0.15, -0.1) is 0 Å². The van der Waals surface area contributed by atoms with Crippen LogP contribution in [0.1, 0.15) is 12.5 Å². The van der Waals surface area contributed by atoms with Crippen molar-refractivity contribution in [3.8, 4) is 5.75 Å². The zero-order chi connectivity index (χ0) is 15.4. The van der Waals surface area contributed by atoms with Crippen LogP contribution in [-0.4, -0.2) is 17.0 Å². The van der Waals surface area contributed by atoms with Crippen molar-refractivity contribution in [3.05, 3.63) is 51.0 Å². The Balaban J connectivity index is 2.00. The number of aromatic nitrogens is 1. The highest BCUT2D eigenvalue weighted by molar-refractivity contribution is 9.11. The van der Waals surface area contributed by atoms with E-state index in [0.29, 0.717) is 11.6 Å². The number of nitrogens with zero attached hydrogens (tertiary/aromatic N) is 1. The summed E-state index contributed by atoms with van der Waals surface area (Å²) in [6, 6.07) is 9.16. The Morgan fingerprint density at radius 3 is 2.67 bits per heavy atom. The molecule has 110 valence electrons. The topological polar surface area (TPSA) is 51.2 Å². The lowest BCUT2D eigenvalue weighted by atomic mass is 10.3. The summed E-state index contributed by atoms with van der Waals surface area (Å²) >= 11 is 6.77. The molecule has 21 heavy (non-hydrogen) atoms. The van der Waals surface area contributed by atoms with Crippen molar-refractivity contribution in [1.29, 1.82) is 0 Å². The summed E-state index contributed by atoms with van der Waals surface area (Å²) in [6.45, 7) is 3.63. The van der Waals surface area contributed by atoms with Gasteiger partial charge in [-0.3, -0.25) is 4.79 Å². The van der Waals surface area contributed by atoms with Crippen LogP contribution in [0.5, 0.6) is 5.75 Å². The average Bonchev–Trinajstić information content (AvgIpc) is 2.44. The normalized spacial score (nSPS) is 11.8. The number of carbonyl (C=O) groups is 1. The first-order valence-electron chi connectivity index (χ1n) is 6.31. The number of nitrogens with one attached hydrogen (secondary N) is 1. The number of hydrogen-bond donors (Lipinski definition) is 1. The Kier molecular flexibility index (Phi) is 5.36. The maximum absolute atomic E-state index is 12.1. The van der Waals surface area contributed by atoms with E-state index in [2.05, 4.69) is 42.2 Å². The summed E-state index contributed by atoms with van der Waals surface area (Å²) in [7, 11) is 0. The number of halogens is 2. The molecule has 4 nitrogen and oxygen atoms in total. The van der Waals surface area contributed by atoms with Crippen LogP contribution in [0.25, 0.3) is 0 Å². The quantitative estimate of drug-likeness (QED) is 0.811. The number of anilines is 1. The lowest BCUT2D eigenvalue weighted by molar-refractivity contribution is -0.122. The summed E-state index contributed by atoms with van der Waals surface area (Å²) in [5, 5.41) is 2.72. The van der Waals surface area contributed by atoms with E-state index in [4.69, 9.17) is 4.74 Å². The van der Waals surface area contributed by atoms with Crippen LogP contribution >= 0.6 is 31.9 Å². The second kappa shape index (κ2) is 7.04. The average molecular weight is 414 g/mol. The number of carbonyl (C=O) groups excluding carboxylic acids is 1. The van der Waals surface area contributed by atoms with Crippen molar-refractivity contribution < 1.29 is 9.53 Å². The third-order valence-corrected chi connectivity index (χ3v) is 3.84. The Hall–Kier alpha value is -1.40. The minimum absolute atomic E-state index is 0.249. The van der Waals surface area contributed by atoms with Gasteiger partial charge in [0.05, 0.1) is 4.47 Å². The Morgan fingerprint density at radius 1 is 1.29 bits per heavy atom. The lowest BCUT2D eigenvalue weighted by Gasteiger charge is -2.15. The van der Waals surface area contributed by atoms with Gasteiger partial charge in [-0.1, -0.05) is 22.0 Å². The molecule has 6 heteroatoms. The first-order chi connectivity index (χ1) is 9.95. The number of rotatable bonds is 4. The van der Waals surface area contributed by atoms with Gasteiger partial charge in [0.1, 0.15) is 11.6 Å². The van der Waals surface area contributed by atoms with Crippen molar-refractivity contribution in [2.75, 3.05) is 5.32 Å². The molecular formula is C15H14Br2N2O2. The predicted molar refractivity (Wildman–Crippen MR) is 89.5 cm³/mol. The fraction of sp³-hybridized carbons (Fsp3) is 0.200. The molecule has 1 heterocycles. The monoisotopic (exact) mass is 412 g/mol. The number of ether oxygens (including phenoxy) is 1. The number of hydrogen-bond acceptors (Lipinski definition) is 3. The highest BCUT2D eigenvalue weighted by Crippen LogP contribution is 2.29. The van der Waals surface area contributed by atoms with E-state index in [1.165, 1.54) is 0 Å². The maximum atomic E-state index is 12.1. The molecule has 0 aliphatic rings. The summed E-state index contributed by atoms with van der Waals surface area (Å²) in [5.74, 6) is 0.870. The van der Waals surface area contributed by atoms with E-state index in [0.717, 1.165) is 14.5 Å². The van der Waals surface area contributed by atoms with Crippen LogP contribution in [0.2, 0.25) is 0 Å². The second-order valence-corrected chi connectivity index (χ2v) is 6.31. The van der Waals surface area contributed by atoms with E-state index in [9.17, 15) is 4.79 Å². The van der Waals surface area contributed by atoms with E-state index in [1.54, 1.807) is 25.3 Å². The summed E-state index contributed by atoms with van der Waals surface area (Å²) in [4.78, 5) is 16.2. The van der Waals surface area contributed by atoms with Gasteiger partial charge in [0.25, 0.3) is 5.91 Å². The summed E-state index contributed by atoms with van der Waals surface area (Å²) < 4.78 is 7.37. The molecule has 1 aromatic heterocycles. The standard InChI is InChI=1S/C15H14Br2N2O2/c1-9-3-6-14(18-8-9)19-15(20)10(2)21-13-5-4-11(16)7-12(13)17/h3-8,10H,1-2H3,(H,18,19,20)/t10-/m1/s1. The molecule has 0 bridgehead atoms. The molecule has 0 saturated heterocycles. The molecule has 0 unspecified atom stereocenters. The number of pyridine rings is 1. The first kappa shape index (κ1) is 16.0. The molecule has 2 aromatic rings. The fourth-order valence-electron chi connectivity index (χ4n) is 1.58. The second-order valence-electron chi connectivity index (χ2n) is 4.54. The van der Waals surface area contributed by atoms with Gasteiger partial charge in [0.2, 0.25) is 0 Å². The van der Waals surface area contributed by atoms with Crippen molar-refractivity contribution in [2.45, 2.75) is 20.0 Å². The molecule has 0 saturated carbocycles. The Labute approximate surface area is 140 Å². The lowest BCUT2D eigenvalue weighted by Crippen LogP contribution is -2.30. The van der Waals surface area contributed by atoms with Crippen LogP contribution < -0.4 is 10.1 Å². The Bertz CT molecular complexity index is 645. The van der Waals surface area contributed by atoms with Gasteiger partial charge in [-0.25, -0.2) is 4.98 Å². The van der Waals surface area contributed by atoms with Crippen LogP contribution in [0.15, 0.2) is 45.5 Å². The molecule has 0 spiro atoms. The Morgan fingerprint density at radius 2 is 2.05 bits per heavy atom. The molecule has 0 radical (unpaired) electrons. The van der Waals surface area contributed by atoms with E-state index in [-0.39, 0.29) is 5.91 Å². The number of benzene rings is 1. The van der Waals surface area contributed by atoms with Crippen molar-refractivity contribution >= 4 is 43.6 Å². The van der Waals surface area contributed by atoms with Gasteiger partial charge >= 0.3 is 0 Å². The fourth-order valence-corrected chi connectivity index (χ4v) is 2.72. The third kappa shape index (κ3) is 4.54. The molecule has 1 N–H and O–H groups in total. The number of aryl methyl sites for hydroxylation is 1. The van der Waals surface area contributed by atoms with Crippen molar-refractivity contribution in [2.24, 2.45) is 0 Å².